The van der Waals surface area contributed by atoms with Crippen molar-refractivity contribution in [3.8, 4) is 12.0 Å². The maximum Gasteiger partial charge on any atom is 0.340 e. The molecule has 0 aliphatic carbocycles. The summed E-state index contributed by atoms with van der Waals surface area (Å²) >= 11 is 0. The number of alkyl halides is 4. The monoisotopic (exact) mass is 256 g/mol. The van der Waals surface area contributed by atoms with E-state index in [2.05, 4.69) is 24.4 Å². The van der Waals surface area contributed by atoms with E-state index in [1.54, 1.807) is 0 Å². The van der Waals surface area contributed by atoms with Gasteiger partial charge in [0.2, 0.25) is 5.95 Å². The van der Waals surface area contributed by atoms with Crippen LogP contribution in [0.5, 0.6) is 12.0 Å². The van der Waals surface area contributed by atoms with E-state index in [1.165, 1.54) is 7.11 Å². The van der Waals surface area contributed by atoms with Crippen molar-refractivity contribution in [2.45, 2.75) is 12.3 Å². The predicted molar refractivity (Wildman–Crippen MR) is 47.2 cm³/mol. The van der Waals surface area contributed by atoms with Crippen molar-refractivity contribution in [3.63, 3.8) is 0 Å². The molecule has 0 unspecified atom stereocenters. The third-order valence-electron chi connectivity index (χ3n) is 1.51. The van der Waals surface area contributed by atoms with E-state index in [0.717, 1.165) is 0 Å². The van der Waals surface area contributed by atoms with E-state index in [4.69, 9.17) is 5.73 Å². The highest BCUT2D eigenvalue weighted by molar-refractivity contribution is 5.20. The fourth-order valence-electron chi connectivity index (χ4n) is 0.732. The number of nitrogens with zero attached hydrogens (tertiary/aromatic N) is 3. The Morgan fingerprint density at radius 2 is 1.82 bits per heavy atom. The number of anilines is 1. The molecule has 1 aromatic heterocycles. The second kappa shape index (κ2) is 4.97. The van der Waals surface area contributed by atoms with Crippen LogP contribution < -0.4 is 15.2 Å². The fourth-order valence-corrected chi connectivity index (χ4v) is 0.732. The SMILES string of the molecule is COc1nc(N)nc(OCC(F)(F)C(F)F)n1. The second-order valence-corrected chi connectivity index (χ2v) is 2.81. The van der Waals surface area contributed by atoms with Gasteiger partial charge in [0.05, 0.1) is 7.11 Å². The van der Waals surface area contributed by atoms with E-state index in [-0.39, 0.29) is 12.0 Å². The van der Waals surface area contributed by atoms with Crippen LogP contribution in [0.25, 0.3) is 0 Å². The van der Waals surface area contributed by atoms with Crippen molar-refractivity contribution in [2.24, 2.45) is 0 Å². The molecule has 0 atom stereocenters. The molecular formula is C7H8F4N4O2. The van der Waals surface area contributed by atoms with Crippen LogP contribution in [0.3, 0.4) is 0 Å². The van der Waals surface area contributed by atoms with Crippen LogP contribution in [-0.2, 0) is 0 Å². The summed E-state index contributed by atoms with van der Waals surface area (Å²) in [7, 11) is 1.20. The maximum atomic E-state index is 12.5. The van der Waals surface area contributed by atoms with Gasteiger partial charge in [-0.3, -0.25) is 0 Å². The molecule has 96 valence electrons. The average molecular weight is 256 g/mol. The fraction of sp³-hybridized carbons (Fsp3) is 0.571. The van der Waals surface area contributed by atoms with Crippen molar-refractivity contribution in [3.05, 3.63) is 0 Å². The third kappa shape index (κ3) is 3.57. The zero-order chi connectivity index (χ0) is 13.1. The smallest absolute Gasteiger partial charge is 0.340 e. The number of methoxy groups -OCH3 is 1. The molecule has 0 saturated heterocycles. The Kier molecular flexibility index (Phi) is 3.86. The highest BCUT2D eigenvalue weighted by Gasteiger charge is 2.42. The molecule has 10 heteroatoms. The molecule has 0 fully saturated rings. The summed E-state index contributed by atoms with van der Waals surface area (Å²) in [5.74, 6) is -4.64. The van der Waals surface area contributed by atoms with Gasteiger partial charge in [-0.1, -0.05) is 0 Å². The molecule has 0 bridgehead atoms. The molecule has 0 amide bonds. The number of hydrogen-bond donors (Lipinski definition) is 1. The van der Waals surface area contributed by atoms with Crippen molar-refractivity contribution in [1.29, 1.82) is 0 Å². The zero-order valence-corrected chi connectivity index (χ0v) is 8.53. The quantitative estimate of drug-likeness (QED) is 0.782. The molecule has 0 aliphatic rings. The molecular weight excluding hydrogens is 248 g/mol. The van der Waals surface area contributed by atoms with Gasteiger partial charge >= 0.3 is 24.4 Å². The first-order valence-corrected chi connectivity index (χ1v) is 4.19. The van der Waals surface area contributed by atoms with Crippen LogP contribution in [0.2, 0.25) is 0 Å². The third-order valence-corrected chi connectivity index (χ3v) is 1.51. The van der Waals surface area contributed by atoms with E-state index in [1.807, 2.05) is 0 Å². The topological polar surface area (TPSA) is 83.2 Å². The molecule has 0 saturated carbocycles. The predicted octanol–water partition coefficient (Wildman–Crippen LogP) is 0.742. The summed E-state index contributed by atoms with van der Waals surface area (Å²) in [6, 6.07) is -0.887. The number of rotatable bonds is 5. The zero-order valence-electron chi connectivity index (χ0n) is 8.53. The second-order valence-electron chi connectivity index (χ2n) is 2.81. The van der Waals surface area contributed by atoms with Crippen LogP contribution in [0.15, 0.2) is 0 Å². The molecule has 6 nitrogen and oxygen atoms in total. The van der Waals surface area contributed by atoms with Gasteiger partial charge in [0, 0.05) is 0 Å². The summed E-state index contributed by atoms with van der Waals surface area (Å²) in [6.07, 6.45) is -3.84. The molecule has 1 rings (SSSR count). The largest absolute Gasteiger partial charge is 0.467 e. The summed E-state index contributed by atoms with van der Waals surface area (Å²) in [5, 5.41) is 0. The summed E-state index contributed by atoms with van der Waals surface area (Å²) in [6.45, 7) is -1.57. The Labute approximate surface area is 92.8 Å². The molecule has 2 N–H and O–H groups in total. The molecule has 1 heterocycles. The lowest BCUT2D eigenvalue weighted by Crippen LogP contribution is -2.34. The lowest BCUT2D eigenvalue weighted by atomic mass is 10.4. The maximum absolute atomic E-state index is 12.5. The normalized spacial score (nSPS) is 11.6. The van der Waals surface area contributed by atoms with Crippen LogP contribution in [0, 0.1) is 0 Å². The summed E-state index contributed by atoms with van der Waals surface area (Å²) in [4.78, 5) is 10.2. The number of hydrogen-bond acceptors (Lipinski definition) is 6. The number of nitrogens with two attached hydrogens (primary N) is 1. The van der Waals surface area contributed by atoms with Crippen LogP contribution in [0.4, 0.5) is 23.5 Å². The van der Waals surface area contributed by atoms with Gasteiger partial charge in [-0.25, -0.2) is 8.78 Å². The number of ether oxygens (including phenoxy) is 2. The minimum absolute atomic E-state index is 0.270. The molecule has 0 radical (unpaired) electrons. The lowest BCUT2D eigenvalue weighted by Gasteiger charge is -2.14. The Morgan fingerprint density at radius 1 is 1.24 bits per heavy atom. The van der Waals surface area contributed by atoms with Gasteiger partial charge in [0.25, 0.3) is 0 Å². The van der Waals surface area contributed by atoms with Crippen molar-refractivity contribution < 1.29 is 27.0 Å². The highest BCUT2D eigenvalue weighted by atomic mass is 19.3. The average Bonchev–Trinajstić information content (AvgIpc) is 2.25. The van der Waals surface area contributed by atoms with Gasteiger partial charge in [0.15, 0.2) is 6.61 Å². The number of halogens is 4. The van der Waals surface area contributed by atoms with Gasteiger partial charge in [-0.15, -0.1) is 4.98 Å². The first-order chi connectivity index (χ1) is 7.85. The Bertz CT molecular complexity index is 390. The van der Waals surface area contributed by atoms with E-state index >= 15 is 0 Å². The number of aromatic nitrogens is 3. The van der Waals surface area contributed by atoms with Crippen molar-refractivity contribution in [1.82, 2.24) is 15.0 Å². The molecule has 17 heavy (non-hydrogen) atoms. The van der Waals surface area contributed by atoms with E-state index < -0.39 is 25.0 Å². The molecule has 0 aromatic carbocycles. The van der Waals surface area contributed by atoms with Crippen molar-refractivity contribution in [2.75, 3.05) is 19.5 Å². The molecule has 1 aromatic rings. The Balaban J connectivity index is 2.72. The summed E-state index contributed by atoms with van der Waals surface area (Å²) in [5.41, 5.74) is 5.18. The van der Waals surface area contributed by atoms with Crippen LogP contribution in [0.1, 0.15) is 0 Å². The standard InChI is InChI=1S/C7H8F4N4O2/c1-16-5-13-4(12)14-6(15-5)17-2-7(10,11)3(8)9/h3H,2H2,1H3,(H2,12,13,14,15). The lowest BCUT2D eigenvalue weighted by molar-refractivity contribution is -0.149. The van der Waals surface area contributed by atoms with Crippen molar-refractivity contribution >= 4 is 5.95 Å². The minimum Gasteiger partial charge on any atom is -0.467 e. The Hall–Kier alpha value is -1.87. The van der Waals surface area contributed by atoms with E-state index in [0.29, 0.717) is 0 Å². The first-order valence-electron chi connectivity index (χ1n) is 4.19. The van der Waals surface area contributed by atoms with E-state index in [9.17, 15) is 17.6 Å². The van der Waals surface area contributed by atoms with Gasteiger partial charge in [-0.05, 0) is 0 Å². The van der Waals surface area contributed by atoms with Crippen LogP contribution >= 0.6 is 0 Å². The molecule has 0 spiro atoms. The van der Waals surface area contributed by atoms with Gasteiger partial charge in [0.1, 0.15) is 0 Å². The van der Waals surface area contributed by atoms with Crippen LogP contribution in [-0.4, -0.2) is 41.0 Å². The Morgan fingerprint density at radius 3 is 2.35 bits per heavy atom. The van der Waals surface area contributed by atoms with Gasteiger partial charge < -0.3 is 15.2 Å². The number of nitrogen functional groups attached to an aromatic ring is 1. The summed E-state index contributed by atoms with van der Waals surface area (Å²) < 4.78 is 57.5. The molecule has 0 aliphatic heterocycles. The van der Waals surface area contributed by atoms with Gasteiger partial charge in [-0.2, -0.15) is 18.7 Å². The minimum atomic E-state index is -4.30. The first kappa shape index (κ1) is 13.2. The highest BCUT2D eigenvalue weighted by Crippen LogP contribution is 2.23.